The third kappa shape index (κ3) is 4.14. The summed E-state index contributed by atoms with van der Waals surface area (Å²) in [5, 5.41) is 12.8. The number of carbonyl (C=O) groups is 1. The second-order valence-corrected chi connectivity index (χ2v) is 9.24. The van der Waals surface area contributed by atoms with Gasteiger partial charge in [-0.15, -0.1) is 11.3 Å². The number of fused-ring (bicyclic) bond motifs is 1. The number of thiazole rings is 1. The smallest absolute Gasteiger partial charge is 0.304 e. The molecule has 2 unspecified atom stereocenters. The Morgan fingerprint density at radius 2 is 2.13 bits per heavy atom. The predicted molar refractivity (Wildman–Crippen MR) is 120 cm³/mol. The summed E-state index contributed by atoms with van der Waals surface area (Å²) in [5.41, 5.74) is 4.94. The second-order valence-electron chi connectivity index (χ2n) is 8.36. The van der Waals surface area contributed by atoms with Gasteiger partial charge in [0.2, 0.25) is 0 Å². The molecule has 0 saturated heterocycles. The maximum absolute atomic E-state index is 11.5. The summed E-state index contributed by atoms with van der Waals surface area (Å²) in [6.45, 7) is 1.56. The minimum Gasteiger partial charge on any atom is -0.493 e. The van der Waals surface area contributed by atoms with Gasteiger partial charge in [-0.1, -0.05) is 18.2 Å². The lowest BCUT2D eigenvalue weighted by atomic mass is 9.94. The molecular formula is C24H25N3O3S. The number of hydrogen-bond donors (Lipinski definition) is 2. The Labute approximate surface area is 185 Å². The molecule has 1 aliphatic carbocycles. The van der Waals surface area contributed by atoms with Gasteiger partial charge in [0, 0.05) is 35.1 Å². The van der Waals surface area contributed by atoms with Gasteiger partial charge < -0.3 is 15.2 Å². The van der Waals surface area contributed by atoms with Crippen molar-refractivity contribution in [3.05, 3.63) is 69.8 Å². The molecule has 6 nitrogen and oxygen atoms in total. The molecule has 0 amide bonds. The van der Waals surface area contributed by atoms with E-state index in [0.29, 0.717) is 6.61 Å². The first-order valence-electron chi connectivity index (χ1n) is 10.7. The molecule has 3 heterocycles. The second kappa shape index (κ2) is 8.30. The van der Waals surface area contributed by atoms with Gasteiger partial charge in [0.05, 0.1) is 18.5 Å². The molecular weight excluding hydrogens is 410 g/mol. The molecule has 1 fully saturated rings. The minimum atomic E-state index is -0.762. The fourth-order valence-electron chi connectivity index (χ4n) is 4.61. The SMILES string of the molecule is O=C(O)CC1(c2cncs2)CC1c1ccc(OCCc2ccc3c(n2)NCCC3)cc1. The molecule has 160 valence electrons. The molecule has 7 heteroatoms. The third-order valence-electron chi connectivity index (χ3n) is 6.33. The van der Waals surface area contributed by atoms with Gasteiger partial charge in [-0.05, 0) is 54.5 Å². The van der Waals surface area contributed by atoms with E-state index in [1.54, 1.807) is 16.8 Å². The summed E-state index contributed by atoms with van der Waals surface area (Å²) in [5.74, 6) is 1.29. The van der Waals surface area contributed by atoms with Gasteiger partial charge in [-0.3, -0.25) is 9.78 Å². The average Bonchev–Trinajstić information content (AvgIpc) is 3.21. The van der Waals surface area contributed by atoms with Gasteiger partial charge in [-0.25, -0.2) is 4.98 Å². The Balaban J connectivity index is 1.19. The van der Waals surface area contributed by atoms with Crippen molar-refractivity contribution < 1.29 is 14.6 Å². The summed E-state index contributed by atoms with van der Waals surface area (Å²) in [6.07, 6.45) is 5.81. The molecule has 0 bridgehead atoms. The van der Waals surface area contributed by atoms with Crippen molar-refractivity contribution in [2.75, 3.05) is 18.5 Å². The summed E-state index contributed by atoms with van der Waals surface area (Å²) in [7, 11) is 0. The van der Waals surface area contributed by atoms with Gasteiger partial charge in [0.1, 0.15) is 11.6 Å². The highest BCUT2D eigenvalue weighted by molar-refractivity contribution is 7.09. The Kier molecular flexibility index (Phi) is 5.36. The number of ether oxygens (including phenoxy) is 1. The number of nitrogens with zero attached hydrogens (tertiary/aromatic N) is 2. The molecule has 0 radical (unpaired) electrons. The van der Waals surface area contributed by atoms with E-state index in [-0.39, 0.29) is 17.8 Å². The van der Waals surface area contributed by atoms with Crippen molar-refractivity contribution in [1.29, 1.82) is 0 Å². The largest absolute Gasteiger partial charge is 0.493 e. The number of benzene rings is 1. The highest BCUT2D eigenvalue weighted by Crippen LogP contribution is 2.63. The van der Waals surface area contributed by atoms with Crippen LogP contribution in [0.2, 0.25) is 0 Å². The summed E-state index contributed by atoms with van der Waals surface area (Å²) < 4.78 is 5.94. The van der Waals surface area contributed by atoms with Crippen LogP contribution in [0.5, 0.6) is 5.75 Å². The van der Waals surface area contributed by atoms with Gasteiger partial charge in [0.15, 0.2) is 0 Å². The zero-order chi connectivity index (χ0) is 21.3. The van der Waals surface area contributed by atoms with Crippen LogP contribution in [-0.2, 0) is 23.1 Å². The quantitative estimate of drug-likeness (QED) is 0.545. The van der Waals surface area contributed by atoms with E-state index in [4.69, 9.17) is 9.72 Å². The van der Waals surface area contributed by atoms with Crippen LogP contribution in [0.3, 0.4) is 0 Å². The molecule has 2 aliphatic rings. The number of aliphatic carboxylic acids is 1. The Morgan fingerprint density at radius 1 is 1.26 bits per heavy atom. The predicted octanol–water partition coefficient (Wildman–Crippen LogP) is 4.42. The van der Waals surface area contributed by atoms with Crippen LogP contribution in [0, 0.1) is 0 Å². The number of carboxylic acids is 1. The molecule has 1 aliphatic heterocycles. The highest BCUT2D eigenvalue weighted by Gasteiger charge is 2.57. The van der Waals surface area contributed by atoms with Crippen LogP contribution >= 0.6 is 11.3 Å². The lowest BCUT2D eigenvalue weighted by Gasteiger charge is -2.17. The highest BCUT2D eigenvalue weighted by atomic mass is 32.1. The number of aryl methyl sites for hydroxylation is 1. The van der Waals surface area contributed by atoms with Crippen molar-refractivity contribution in [3.63, 3.8) is 0 Å². The number of aromatic nitrogens is 2. The van der Waals surface area contributed by atoms with E-state index in [1.807, 2.05) is 18.3 Å². The standard InChI is InChI=1S/C24H25N3O3S/c28-22(29)13-24(21-14-25-15-31-21)12-20(24)16-4-7-19(8-5-16)30-11-9-18-6-3-17-2-1-10-26-23(17)27-18/h3-8,14-15,20H,1-2,9-13H2,(H,26,27)(H,28,29). The lowest BCUT2D eigenvalue weighted by Crippen LogP contribution is -2.14. The van der Waals surface area contributed by atoms with Crippen molar-refractivity contribution in [2.45, 2.75) is 43.4 Å². The summed E-state index contributed by atoms with van der Waals surface area (Å²) in [6, 6.07) is 12.3. The van der Waals surface area contributed by atoms with Gasteiger partial charge in [0.25, 0.3) is 0 Å². The fourth-order valence-corrected chi connectivity index (χ4v) is 5.50. The molecule has 2 aromatic heterocycles. The number of hydrogen-bond acceptors (Lipinski definition) is 6. The third-order valence-corrected chi connectivity index (χ3v) is 7.32. The summed E-state index contributed by atoms with van der Waals surface area (Å²) >= 11 is 1.54. The van der Waals surface area contributed by atoms with E-state index < -0.39 is 5.97 Å². The minimum absolute atomic E-state index is 0.140. The van der Waals surface area contributed by atoms with E-state index >= 15 is 0 Å². The van der Waals surface area contributed by atoms with Crippen LogP contribution in [0.25, 0.3) is 0 Å². The first-order chi connectivity index (χ1) is 15.1. The number of anilines is 1. The number of rotatable bonds is 8. The van der Waals surface area contributed by atoms with Crippen molar-refractivity contribution in [2.24, 2.45) is 0 Å². The number of pyridine rings is 1. The number of nitrogens with one attached hydrogen (secondary N) is 1. The Hall–Kier alpha value is -2.93. The molecule has 3 aromatic rings. The van der Waals surface area contributed by atoms with E-state index in [1.165, 1.54) is 5.56 Å². The topological polar surface area (TPSA) is 84.3 Å². The van der Waals surface area contributed by atoms with Crippen LogP contribution in [-0.4, -0.2) is 34.2 Å². The van der Waals surface area contributed by atoms with Crippen molar-refractivity contribution in [1.82, 2.24) is 9.97 Å². The molecule has 5 rings (SSSR count). The maximum atomic E-state index is 11.5. The zero-order valence-corrected chi connectivity index (χ0v) is 18.0. The molecule has 2 N–H and O–H groups in total. The van der Waals surface area contributed by atoms with Crippen LogP contribution in [0.1, 0.15) is 46.9 Å². The van der Waals surface area contributed by atoms with Crippen LogP contribution in [0.4, 0.5) is 5.82 Å². The van der Waals surface area contributed by atoms with Crippen molar-refractivity contribution >= 4 is 23.1 Å². The average molecular weight is 436 g/mol. The molecule has 1 saturated carbocycles. The first kappa shape index (κ1) is 20.0. The fraction of sp³-hybridized carbons (Fsp3) is 0.375. The van der Waals surface area contributed by atoms with E-state index in [0.717, 1.165) is 59.9 Å². The summed E-state index contributed by atoms with van der Waals surface area (Å²) in [4.78, 5) is 21.4. The molecule has 31 heavy (non-hydrogen) atoms. The van der Waals surface area contributed by atoms with Gasteiger partial charge in [-0.2, -0.15) is 0 Å². The van der Waals surface area contributed by atoms with E-state index in [2.05, 4.69) is 34.6 Å². The first-order valence-corrected chi connectivity index (χ1v) is 11.6. The molecule has 2 atom stereocenters. The van der Waals surface area contributed by atoms with Crippen LogP contribution in [0.15, 0.2) is 48.1 Å². The van der Waals surface area contributed by atoms with Crippen molar-refractivity contribution in [3.8, 4) is 5.75 Å². The molecule has 0 spiro atoms. The van der Waals surface area contributed by atoms with E-state index in [9.17, 15) is 9.90 Å². The van der Waals surface area contributed by atoms with Gasteiger partial charge >= 0.3 is 5.97 Å². The Morgan fingerprint density at radius 3 is 2.90 bits per heavy atom. The lowest BCUT2D eigenvalue weighted by molar-refractivity contribution is -0.137. The van der Waals surface area contributed by atoms with Crippen LogP contribution < -0.4 is 10.1 Å². The maximum Gasteiger partial charge on any atom is 0.304 e. The normalized spacial score (nSPS) is 21.7. The monoisotopic (exact) mass is 435 g/mol. The Bertz CT molecular complexity index is 1070. The zero-order valence-electron chi connectivity index (χ0n) is 17.2. The molecule has 1 aromatic carbocycles. The number of carboxylic acid groups (broad SMARTS) is 1.